The molecule has 1 atom stereocenters. The normalized spacial score (nSPS) is 18.0. The lowest BCUT2D eigenvalue weighted by atomic mass is 10.2. The second-order valence-electron chi connectivity index (χ2n) is 5.39. The molecule has 4 rings (SSSR count). The van der Waals surface area contributed by atoms with Crippen molar-refractivity contribution < 1.29 is 5.11 Å². The summed E-state index contributed by atoms with van der Waals surface area (Å²) >= 11 is 0. The summed E-state index contributed by atoms with van der Waals surface area (Å²) < 4.78 is 0. The molecule has 0 aromatic carbocycles. The third-order valence-electron chi connectivity index (χ3n) is 3.88. The van der Waals surface area contributed by atoms with Crippen molar-refractivity contribution >= 4 is 16.7 Å². The molecule has 6 heteroatoms. The quantitative estimate of drug-likeness (QED) is 0.774. The van der Waals surface area contributed by atoms with Gasteiger partial charge in [0.1, 0.15) is 5.82 Å². The van der Waals surface area contributed by atoms with Gasteiger partial charge in [0.05, 0.1) is 17.8 Å². The molecule has 110 valence electrons. The highest BCUT2D eigenvalue weighted by Gasteiger charge is 2.24. The van der Waals surface area contributed by atoms with Crippen LogP contribution in [0.5, 0.6) is 0 Å². The average molecular weight is 293 g/mol. The third kappa shape index (κ3) is 2.27. The molecule has 0 aliphatic carbocycles. The lowest BCUT2D eigenvalue weighted by molar-refractivity contribution is 0.198. The fourth-order valence-corrected chi connectivity index (χ4v) is 2.77. The standard InChI is InChI=1S/C16H15N5O/c22-12-4-8-21(10-12)16-13-3-7-18-9-14(13)19-15(20-16)11-1-5-17-6-2-11/h1-3,5-7,9,12,22H,4,8,10H2/t12-/m1/s1. The van der Waals surface area contributed by atoms with E-state index in [1.807, 2.05) is 18.2 Å². The highest BCUT2D eigenvalue weighted by atomic mass is 16.3. The van der Waals surface area contributed by atoms with E-state index in [0.29, 0.717) is 12.4 Å². The van der Waals surface area contributed by atoms with Crippen molar-refractivity contribution in [1.29, 1.82) is 0 Å². The van der Waals surface area contributed by atoms with Gasteiger partial charge < -0.3 is 10.0 Å². The van der Waals surface area contributed by atoms with Crippen LogP contribution in [0.4, 0.5) is 5.82 Å². The lowest BCUT2D eigenvalue weighted by Crippen LogP contribution is -2.23. The predicted octanol–water partition coefficient (Wildman–Crippen LogP) is 1.66. The molecule has 1 fully saturated rings. The number of pyridine rings is 2. The molecule has 0 bridgehead atoms. The maximum atomic E-state index is 9.81. The molecule has 0 spiro atoms. The summed E-state index contributed by atoms with van der Waals surface area (Å²) in [5.74, 6) is 1.51. The molecule has 1 aliphatic rings. The van der Waals surface area contributed by atoms with Crippen LogP contribution in [0.15, 0.2) is 43.0 Å². The van der Waals surface area contributed by atoms with E-state index < -0.39 is 0 Å². The van der Waals surface area contributed by atoms with E-state index in [-0.39, 0.29) is 6.10 Å². The molecular formula is C16H15N5O. The van der Waals surface area contributed by atoms with E-state index in [1.165, 1.54) is 0 Å². The number of aromatic nitrogens is 4. The molecule has 1 N–H and O–H groups in total. The zero-order valence-electron chi connectivity index (χ0n) is 11.9. The van der Waals surface area contributed by atoms with Gasteiger partial charge in [-0.05, 0) is 24.6 Å². The van der Waals surface area contributed by atoms with Gasteiger partial charge in [-0.25, -0.2) is 9.97 Å². The Morgan fingerprint density at radius 2 is 1.86 bits per heavy atom. The number of aliphatic hydroxyl groups excluding tert-OH is 1. The lowest BCUT2D eigenvalue weighted by Gasteiger charge is -2.19. The van der Waals surface area contributed by atoms with Crippen LogP contribution in [-0.2, 0) is 0 Å². The monoisotopic (exact) mass is 293 g/mol. The summed E-state index contributed by atoms with van der Waals surface area (Å²) in [7, 11) is 0. The van der Waals surface area contributed by atoms with Crippen molar-refractivity contribution in [3.63, 3.8) is 0 Å². The van der Waals surface area contributed by atoms with Crippen LogP contribution in [0, 0.1) is 0 Å². The maximum Gasteiger partial charge on any atom is 0.162 e. The number of nitrogens with zero attached hydrogens (tertiary/aromatic N) is 5. The van der Waals surface area contributed by atoms with E-state index in [9.17, 15) is 5.11 Å². The van der Waals surface area contributed by atoms with Crippen LogP contribution in [-0.4, -0.2) is 44.2 Å². The molecule has 3 aromatic heterocycles. The minimum atomic E-state index is -0.295. The summed E-state index contributed by atoms with van der Waals surface area (Å²) in [5, 5.41) is 10.8. The first-order valence-electron chi connectivity index (χ1n) is 7.26. The summed E-state index contributed by atoms with van der Waals surface area (Å²) in [6.07, 6.45) is 7.42. The van der Waals surface area contributed by atoms with Crippen molar-refractivity contribution in [3.8, 4) is 11.4 Å². The third-order valence-corrected chi connectivity index (χ3v) is 3.88. The molecule has 22 heavy (non-hydrogen) atoms. The van der Waals surface area contributed by atoms with Gasteiger partial charge in [0.2, 0.25) is 0 Å². The fraction of sp³-hybridized carbons (Fsp3) is 0.250. The molecule has 1 aliphatic heterocycles. The zero-order chi connectivity index (χ0) is 14.9. The Kier molecular flexibility index (Phi) is 3.16. The Morgan fingerprint density at radius 3 is 2.64 bits per heavy atom. The Morgan fingerprint density at radius 1 is 1.05 bits per heavy atom. The first-order valence-corrected chi connectivity index (χ1v) is 7.26. The second kappa shape index (κ2) is 5.31. The smallest absolute Gasteiger partial charge is 0.162 e. The Hall–Kier alpha value is -2.60. The van der Waals surface area contributed by atoms with Crippen LogP contribution in [0.25, 0.3) is 22.3 Å². The average Bonchev–Trinajstić information content (AvgIpc) is 3.01. The number of fused-ring (bicyclic) bond motifs is 1. The largest absolute Gasteiger partial charge is 0.391 e. The Balaban J connectivity index is 1.90. The first-order chi connectivity index (χ1) is 10.8. The first kappa shape index (κ1) is 13.1. The molecule has 0 amide bonds. The second-order valence-corrected chi connectivity index (χ2v) is 5.39. The van der Waals surface area contributed by atoms with E-state index in [2.05, 4.69) is 19.9 Å². The summed E-state index contributed by atoms with van der Waals surface area (Å²) in [5.41, 5.74) is 1.72. The molecule has 0 radical (unpaired) electrons. The minimum Gasteiger partial charge on any atom is -0.391 e. The minimum absolute atomic E-state index is 0.295. The van der Waals surface area contributed by atoms with Crippen molar-refractivity contribution in [3.05, 3.63) is 43.0 Å². The molecule has 0 unspecified atom stereocenters. The number of rotatable bonds is 2. The van der Waals surface area contributed by atoms with Gasteiger partial charge >= 0.3 is 0 Å². The highest BCUT2D eigenvalue weighted by Crippen LogP contribution is 2.29. The Bertz CT molecular complexity index is 808. The number of β-amino-alcohol motifs (C(OH)–C–C–N with tert-alkyl or cyclic N) is 1. The van der Waals surface area contributed by atoms with Gasteiger partial charge in [-0.1, -0.05) is 0 Å². The molecule has 1 saturated heterocycles. The number of hydrogen-bond acceptors (Lipinski definition) is 6. The van der Waals surface area contributed by atoms with Crippen LogP contribution in [0.2, 0.25) is 0 Å². The van der Waals surface area contributed by atoms with Gasteiger partial charge in [-0.3, -0.25) is 9.97 Å². The maximum absolute atomic E-state index is 9.81. The van der Waals surface area contributed by atoms with Crippen LogP contribution in [0.1, 0.15) is 6.42 Å². The van der Waals surface area contributed by atoms with Gasteiger partial charge in [0.25, 0.3) is 0 Å². The summed E-state index contributed by atoms with van der Waals surface area (Å²) in [6, 6.07) is 5.70. The van der Waals surface area contributed by atoms with Crippen LogP contribution >= 0.6 is 0 Å². The van der Waals surface area contributed by atoms with Crippen molar-refractivity contribution in [2.45, 2.75) is 12.5 Å². The zero-order valence-corrected chi connectivity index (χ0v) is 11.9. The van der Waals surface area contributed by atoms with Gasteiger partial charge in [-0.15, -0.1) is 0 Å². The Labute approximate surface area is 127 Å². The number of anilines is 1. The van der Waals surface area contributed by atoms with Crippen LogP contribution in [0.3, 0.4) is 0 Å². The molecule has 3 aromatic rings. The van der Waals surface area contributed by atoms with Gasteiger partial charge in [0, 0.05) is 42.6 Å². The highest BCUT2D eigenvalue weighted by molar-refractivity contribution is 5.90. The van der Waals surface area contributed by atoms with Gasteiger partial charge in [0.15, 0.2) is 5.82 Å². The van der Waals surface area contributed by atoms with Crippen molar-refractivity contribution in [1.82, 2.24) is 19.9 Å². The molecular weight excluding hydrogens is 278 g/mol. The fourth-order valence-electron chi connectivity index (χ4n) is 2.77. The summed E-state index contributed by atoms with van der Waals surface area (Å²) in [6.45, 7) is 1.40. The van der Waals surface area contributed by atoms with E-state index in [1.54, 1.807) is 24.8 Å². The summed E-state index contributed by atoms with van der Waals surface area (Å²) in [4.78, 5) is 19.6. The number of hydrogen-bond donors (Lipinski definition) is 1. The van der Waals surface area contributed by atoms with E-state index in [0.717, 1.165) is 35.2 Å². The van der Waals surface area contributed by atoms with Crippen molar-refractivity contribution in [2.24, 2.45) is 0 Å². The SMILES string of the molecule is O[C@@H]1CCN(c2nc(-c3ccncc3)nc3cnccc23)C1. The number of aliphatic hydroxyl groups is 1. The molecule has 4 heterocycles. The molecule has 6 nitrogen and oxygen atoms in total. The predicted molar refractivity (Wildman–Crippen MR) is 83.4 cm³/mol. The molecule has 0 saturated carbocycles. The van der Waals surface area contributed by atoms with Crippen LogP contribution < -0.4 is 4.90 Å². The van der Waals surface area contributed by atoms with E-state index in [4.69, 9.17) is 4.98 Å². The van der Waals surface area contributed by atoms with Gasteiger partial charge in [-0.2, -0.15) is 0 Å². The van der Waals surface area contributed by atoms with E-state index >= 15 is 0 Å². The topological polar surface area (TPSA) is 75.0 Å². The van der Waals surface area contributed by atoms with Crippen molar-refractivity contribution in [2.75, 3.05) is 18.0 Å².